The fourth-order valence-electron chi connectivity index (χ4n) is 1.53. The molecule has 92 valence electrons. The van der Waals surface area contributed by atoms with Crippen LogP contribution in [0.25, 0.3) is 0 Å². The summed E-state index contributed by atoms with van der Waals surface area (Å²) in [5.41, 5.74) is 0. The first kappa shape index (κ1) is 15.4. The predicted molar refractivity (Wildman–Crippen MR) is 68.4 cm³/mol. The SMILES string of the molecule is CCC(O)CCCCC(Br)CC(O)CC. The number of hydrogen-bond acceptors (Lipinski definition) is 2. The maximum absolute atomic E-state index is 9.44. The largest absolute Gasteiger partial charge is 0.393 e. The molecule has 0 saturated heterocycles. The van der Waals surface area contributed by atoms with Gasteiger partial charge in [0.2, 0.25) is 0 Å². The second-order valence-electron chi connectivity index (χ2n) is 4.24. The Morgan fingerprint density at radius 1 is 0.933 bits per heavy atom. The van der Waals surface area contributed by atoms with Gasteiger partial charge in [-0.25, -0.2) is 0 Å². The van der Waals surface area contributed by atoms with E-state index < -0.39 is 0 Å². The molecule has 2 N–H and O–H groups in total. The van der Waals surface area contributed by atoms with Crippen molar-refractivity contribution in [2.45, 2.75) is 75.8 Å². The van der Waals surface area contributed by atoms with Gasteiger partial charge in [0, 0.05) is 4.83 Å². The van der Waals surface area contributed by atoms with Crippen molar-refractivity contribution in [2.75, 3.05) is 0 Å². The molecule has 3 atom stereocenters. The van der Waals surface area contributed by atoms with Crippen LogP contribution in [0.2, 0.25) is 0 Å². The van der Waals surface area contributed by atoms with Crippen molar-refractivity contribution in [1.82, 2.24) is 0 Å². The summed E-state index contributed by atoms with van der Waals surface area (Å²) in [6.45, 7) is 4.01. The Morgan fingerprint density at radius 2 is 1.47 bits per heavy atom. The van der Waals surface area contributed by atoms with Crippen molar-refractivity contribution >= 4 is 15.9 Å². The van der Waals surface area contributed by atoms with Gasteiger partial charge in [0.05, 0.1) is 12.2 Å². The van der Waals surface area contributed by atoms with Crippen LogP contribution >= 0.6 is 15.9 Å². The first-order valence-corrected chi connectivity index (χ1v) is 7.01. The molecule has 0 spiro atoms. The fourth-order valence-corrected chi connectivity index (χ4v) is 2.28. The third kappa shape index (κ3) is 9.34. The van der Waals surface area contributed by atoms with Crippen molar-refractivity contribution in [3.05, 3.63) is 0 Å². The van der Waals surface area contributed by atoms with Gasteiger partial charge in [-0.2, -0.15) is 0 Å². The molecule has 0 amide bonds. The highest BCUT2D eigenvalue weighted by atomic mass is 79.9. The van der Waals surface area contributed by atoms with E-state index in [0.717, 1.165) is 44.9 Å². The smallest absolute Gasteiger partial charge is 0.0548 e. The van der Waals surface area contributed by atoms with Gasteiger partial charge in [-0.3, -0.25) is 0 Å². The summed E-state index contributed by atoms with van der Waals surface area (Å²) in [6.07, 6.45) is 6.44. The zero-order valence-corrected chi connectivity index (χ0v) is 11.5. The average molecular weight is 281 g/mol. The third-order valence-corrected chi connectivity index (χ3v) is 3.61. The summed E-state index contributed by atoms with van der Waals surface area (Å²) in [5.74, 6) is 0. The number of aliphatic hydroxyl groups is 2. The minimum Gasteiger partial charge on any atom is -0.393 e. The lowest BCUT2D eigenvalue weighted by Crippen LogP contribution is -2.12. The Bertz CT molecular complexity index is 142. The first-order chi connectivity index (χ1) is 7.10. The molecule has 0 aromatic rings. The molecule has 2 nitrogen and oxygen atoms in total. The molecule has 0 saturated carbocycles. The molecule has 3 heteroatoms. The van der Waals surface area contributed by atoms with E-state index >= 15 is 0 Å². The zero-order valence-electron chi connectivity index (χ0n) is 9.95. The van der Waals surface area contributed by atoms with E-state index in [9.17, 15) is 10.2 Å². The van der Waals surface area contributed by atoms with Crippen LogP contribution in [0.5, 0.6) is 0 Å². The first-order valence-electron chi connectivity index (χ1n) is 6.10. The fraction of sp³-hybridized carbons (Fsp3) is 1.00. The molecule has 0 fully saturated rings. The van der Waals surface area contributed by atoms with E-state index in [1.165, 1.54) is 0 Å². The summed E-state index contributed by atoms with van der Waals surface area (Å²) in [5, 5.41) is 18.8. The van der Waals surface area contributed by atoms with Crippen LogP contribution in [0.4, 0.5) is 0 Å². The van der Waals surface area contributed by atoms with Gasteiger partial charge < -0.3 is 10.2 Å². The number of rotatable bonds is 9. The van der Waals surface area contributed by atoms with Gasteiger partial charge >= 0.3 is 0 Å². The van der Waals surface area contributed by atoms with Crippen LogP contribution in [0.15, 0.2) is 0 Å². The highest BCUT2D eigenvalue weighted by Crippen LogP contribution is 2.18. The molecule has 3 unspecified atom stereocenters. The van der Waals surface area contributed by atoms with Crippen LogP contribution in [-0.4, -0.2) is 27.2 Å². The highest BCUT2D eigenvalue weighted by Gasteiger charge is 2.10. The molecule has 15 heavy (non-hydrogen) atoms. The standard InChI is InChI=1S/C12H25BrO2/c1-3-11(14)8-6-5-7-10(13)9-12(15)4-2/h10-12,14-15H,3-9H2,1-2H3. The summed E-state index contributed by atoms with van der Waals surface area (Å²) in [7, 11) is 0. The molecule has 0 aromatic carbocycles. The second-order valence-corrected chi connectivity index (χ2v) is 5.54. The van der Waals surface area contributed by atoms with Gasteiger partial charge in [0.1, 0.15) is 0 Å². The summed E-state index contributed by atoms with van der Waals surface area (Å²) < 4.78 is 0. The van der Waals surface area contributed by atoms with Crippen LogP contribution in [0.3, 0.4) is 0 Å². The summed E-state index contributed by atoms with van der Waals surface area (Å²) in [4.78, 5) is 0.422. The van der Waals surface area contributed by atoms with E-state index in [1.807, 2.05) is 13.8 Å². The lowest BCUT2D eigenvalue weighted by Gasteiger charge is -2.14. The molecule has 0 aliphatic carbocycles. The minimum atomic E-state index is -0.171. The van der Waals surface area contributed by atoms with Gasteiger partial charge in [0.25, 0.3) is 0 Å². The minimum absolute atomic E-state index is 0.125. The highest BCUT2D eigenvalue weighted by molar-refractivity contribution is 9.09. The van der Waals surface area contributed by atoms with Crippen molar-refractivity contribution in [3.8, 4) is 0 Å². The number of aliphatic hydroxyl groups excluding tert-OH is 2. The quantitative estimate of drug-likeness (QED) is 0.503. The molecule has 0 rings (SSSR count). The number of hydrogen-bond donors (Lipinski definition) is 2. The molecule has 0 radical (unpaired) electrons. The van der Waals surface area contributed by atoms with Crippen LogP contribution in [0.1, 0.15) is 58.8 Å². The van der Waals surface area contributed by atoms with Gasteiger partial charge in [0.15, 0.2) is 0 Å². The summed E-state index contributed by atoms with van der Waals surface area (Å²) >= 11 is 3.58. The Labute approximate surface area is 102 Å². The second kappa shape index (κ2) is 9.61. The topological polar surface area (TPSA) is 40.5 Å². The number of halogens is 1. The maximum Gasteiger partial charge on any atom is 0.0548 e. The van der Waals surface area contributed by atoms with Crippen LogP contribution in [-0.2, 0) is 0 Å². The van der Waals surface area contributed by atoms with Crippen molar-refractivity contribution in [1.29, 1.82) is 0 Å². The van der Waals surface area contributed by atoms with Crippen molar-refractivity contribution in [2.24, 2.45) is 0 Å². The van der Waals surface area contributed by atoms with E-state index in [4.69, 9.17) is 0 Å². The molecular weight excluding hydrogens is 256 g/mol. The molecule has 0 aliphatic heterocycles. The number of unbranched alkanes of at least 4 members (excludes halogenated alkanes) is 1. The van der Waals surface area contributed by atoms with Gasteiger partial charge in [-0.05, 0) is 32.1 Å². The summed E-state index contributed by atoms with van der Waals surface area (Å²) in [6, 6.07) is 0. The monoisotopic (exact) mass is 280 g/mol. The van der Waals surface area contributed by atoms with Crippen LogP contribution in [0, 0.1) is 0 Å². The zero-order chi connectivity index (χ0) is 11.7. The lowest BCUT2D eigenvalue weighted by molar-refractivity contribution is 0.152. The Kier molecular flexibility index (Phi) is 9.87. The molecule has 0 bridgehead atoms. The molecular formula is C12H25BrO2. The average Bonchev–Trinajstić information content (AvgIpc) is 2.23. The number of alkyl halides is 1. The van der Waals surface area contributed by atoms with Gasteiger partial charge in [-0.1, -0.05) is 42.6 Å². The molecule has 0 heterocycles. The van der Waals surface area contributed by atoms with E-state index in [1.54, 1.807) is 0 Å². The Hall–Kier alpha value is 0.400. The Morgan fingerprint density at radius 3 is 2.00 bits per heavy atom. The molecule has 0 aromatic heterocycles. The van der Waals surface area contributed by atoms with Crippen molar-refractivity contribution < 1.29 is 10.2 Å². The van der Waals surface area contributed by atoms with E-state index in [0.29, 0.717) is 4.83 Å². The van der Waals surface area contributed by atoms with Gasteiger partial charge in [-0.15, -0.1) is 0 Å². The predicted octanol–water partition coefficient (Wildman–Crippen LogP) is 3.24. The lowest BCUT2D eigenvalue weighted by atomic mass is 10.0. The van der Waals surface area contributed by atoms with Crippen LogP contribution < -0.4 is 0 Å². The third-order valence-electron chi connectivity index (χ3n) is 2.78. The van der Waals surface area contributed by atoms with Crippen molar-refractivity contribution in [3.63, 3.8) is 0 Å². The molecule has 0 aliphatic rings. The van der Waals surface area contributed by atoms with E-state index in [2.05, 4.69) is 15.9 Å². The van der Waals surface area contributed by atoms with E-state index in [-0.39, 0.29) is 12.2 Å². The normalized spacial score (nSPS) is 17.4. The Balaban J connectivity index is 3.34. The maximum atomic E-state index is 9.44.